The van der Waals surface area contributed by atoms with E-state index in [0.717, 1.165) is 25.3 Å². The Morgan fingerprint density at radius 2 is 2.12 bits per heavy atom. The zero-order valence-corrected chi connectivity index (χ0v) is 10.6. The molecule has 1 aliphatic heterocycles. The summed E-state index contributed by atoms with van der Waals surface area (Å²) in [4.78, 5) is 2.29. The van der Waals surface area contributed by atoms with Crippen LogP contribution < -0.4 is 0 Å². The maximum atomic E-state index is 10.6. The van der Waals surface area contributed by atoms with Gasteiger partial charge in [0, 0.05) is 19.1 Å². The third kappa shape index (κ3) is 3.06. The summed E-state index contributed by atoms with van der Waals surface area (Å²) in [5, 5.41) is 10.6. The SMILES string of the molecule is CC1COCCN1CC(C)(O)c1ccccc1. The molecule has 0 bridgehead atoms. The van der Waals surface area contributed by atoms with Crippen molar-refractivity contribution in [3.8, 4) is 0 Å². The van der Waals surface area contributed by atoms with Crippen molar-refractivity contribution in [1.82, 2.24) is 4.90 Å². The van der Waals surface area contributed by atoms with E-state index in [9.17, 15) is 5.11 Å². The average molecular weight is 235 g/mol. The lowest BCUT2D eigenvalue weighted by atomic mass is 9.95. The minimum Gasteiger partial charge on any atom is -0.384 e. The van der Waals surface area contributed by atoms with E-state index in [4.69, 9.17) is 4.74 Å². The first-order valence-electron chi connectivity index (χ1n) is 6.19. The summed E-state index contributed by atoms with van der Waals surface area (Å²) in [6.07, 6.45) is 0. The van der Waals surface area contributed by atoms with Crippen molar-refractivity contribution in [2.75, 3.05) is 26.3 Å². The van der Waals surface area contributed by atoms with Crippen LogP contribution >= 0.6 is 0 Å². The highest BCUT2D eigenvalue weighted by molar-refractivity contribution is 5.21. The van der Waals surface area contributed by atoms with Gasteiger partial charge in [-0.05, 0) is 19.4 Å². The molecule has 2 unspecified atom stereocenters. The van der Waals surface area contributed by atoms with Crippen LogP contribution in [0.4, 0.5) is 0 Å². The molecule has 1 aromatic carbocycles. The van der Waals surface area contributed by atoms with Gasteiger partial charge in [-0.25, -0.2) is 0 Å². The van der Waals surface area contributed by atoms with Crippen LogP contribution in [0.3, 0.4) is 0 Å². The predicted octanol–water partition coefficient (Wildman–Crippen LogP) is 1.61. The van der Waals surface area contributed by atoms with Gasteiger partial charge in [-0.15, -0.1) is 0 Å². The fraction of sp³-hybridized carbons (Fsp3) is 0.571. The van der Waals surface area contributed by atoms with Crippen LogP contribution in [0.1, 0.15) is 19.4 Å². The smallest absolute Gasteiger partial charge is 0.0994 e. The standard InChI is InChI=1S/C14H21NO2/c1-12-10-17-9-8-15(12)11-14(2,16)13-6-4-3-5-7-13/h3-7,12,16H,8-11H2,1-2H3. The lowest BCUT2D eigenvalue weighted by Crippen LogP contribution is -2.49. The zero-order chi connectivity index (χ0) is 12.3. The Balaban J connectivity index is 2.06. The average Bonchev–Trinajstić information content (AvgIpc) is 2.33. The van der Waals surface area contributed by atoms with Crippen LogP contribution in [0.15, 0.2) is 30.3 Å². The van der Waals surface area contributed by atoms with Crippen molar-refractivity contribution in [1.29, 1.82) is 0 Å². The first kappa shape index (κ1) is 12.6. The highest BCUT2D eigenvalue weighted by atomic mass is 16.5. The molecule has 17 heavy (non-hydrogen) atoms. The minimum atomic E-state index is -0.799. The Morgan fingerprint density at radius 3 is 2.76 bits per heavy atom. The van der Waals surface area contributed by atoms with Gasteiger partial charge in [0.1, 0.15) is 0 Å². The first-order chi connectivity index (χ1) is 8.09. The van der Waals surface area contributed by atoms with Crippen LogP contribution in [0.2, 0.25) is 0 Å². The number of benzene rings is 1. The molecular weight excluding hydrogens is 214 g/mol. The third-order valence-electron chi connectivity index (χ3n) is 3.41. The Morgan fingerprint density at radius 1 is 1.41 bits per heavy atom. The maximum absolute atomic E-state index is 10.6. The van der Waals surface area contributed by atoms with Gasteiger partial charge in [-0.2, -0.15) is 0 Å². The molecule has 0 aliphatic carbocycles. The highest BCUT2D eigenvalue weighted by Gasteiger charge is 2.29. The number of hydrogen-bond acceptors (Lipinski definition) is 3. The zero-order valence-electron chi connectivity index (χ0n) is 10.6. The molecule has 2 atom stereocenters. The second-order valence-electron chi connectivity index (χ2n) is 5.03. The minimum absolute atomic E-state index is 0.374. The third-order valence-corrected chi connectivity index (χ3v) is 3.41. The van der Waals surface area contributed by atoms with Crippen molar-refractivity contribution >= 4 is 0 Å². The molecule has 0 radical (unpaired) electrons. The molecular formula is C14H21NO2. The number of hydrogen-bond donors (Lipinski definition) is 1. The van der Waals surface area contributed by atoms with Gasteiger partial charge in [-0.3, -0.25) is 4.90 Å². The summed E-state index contributed by atoms with van der Waals surface area (Å²) in [7, 11) is 0. The van der Waals surface area contributed by atoms with Gasteiger partial charge in [0.05, 0.1) is 18.8 Å². The lowest BCUT2D eigenvalue weighted by Gasteiger charge is -2.38. The van der Waals surface area contributed by atoms with Gasteiger partial charge < -0.3 is 9.84 Å². The summed E-state index contributed by atoms with van der Waals surface area (Å²) in [5.74, 6) is 0. The van der Waals surface area contributed by atoms with E-state index in [2.05, 4.69) is 11.8 Å². The summed E-state index contributed by atoms with van der Waals surface area (Å²) in [6, 6.07) is 10.2. The second-order valence-corrected chi connectivity index (χ2v) is 5.03. The van der Waals surface area contributed by atoms with Crippen molar-refractivity contribution in [3.63, 3.8) is 0 Å². The fourth-order valence-corrected chi connectivity index (χ4v) is 2.28. The van der Waals surface area contributed by atoms with E-state index in [1.807, 2.05) is 37.3 Å². The van der Waals surface area contributed by atoms with Crippen molar-refractivity contribution in [2.45, 2.75) is 25.5 Å². The predicted molar refractivity (Wildman–Crippen MR) is 67.9 cm³/mol. The summed E-state index contributed by atoms with van der Waals surface area (Å²) in [6.45, 7) is 7.08. The van der Waals surface area contributed by atoms with Crippen molar-refractivity contribution in [2.24, 2.45) is 0 Å². The molecule has 0 saturated carbocycles. The molecule has 1 aromatic rings. The fourth-order valence-electron chi connectivity index (χ4n) is 2.28. The number of morpholine rings is 1. The molecule has 1 N–H and O–H groups in total. The molecule has 0 amide bonds. The molecule has 94 valence electrons. The largest absolute Gasteiger partial charge is 0.384 e. The van der Waals surface area contributed by atoms with E-state index in [1.165, 1.54) is 0 Å². The van der Waals surface area contributed by atoms with Crippen LogP contribution in [0.25, 0.3) is 0 Å². The Labute approximate surface area is 103 Å². The molecule has 1 heterocycles. The molecule has 1 aliphatic rings. The number of aliphatic hydroxyl groups is 1. The van der Waals surface area contributed by atoms with Crippen LogP contribution in [-0.2, 0) is 10.3 Å². The molecule has 0 aromatic heterocycles. The highest BCUT2D eigenvalue weighted by Crippen LogP contribution is 2.23. The van der Waals surface area contributed by atoms with E-state index < -0.39 is 5.60 Å². The first-order valence-corrected chi connectivity index (χ1v) is 6.19. The molecule has 1 fully saturated rings. The van der Waals surface area contributed by atoms with Gasteiger partial charge in [0.25, 0.3) is 0 Å². The van der Waals surface area contributed by atoms with Crippen LogP contribution in [-0.4, -0.2) is 42.4 Å². The Bertz CT molecular complexity index is 350. The van der Waals surface area contributed by atoms with Crippen LogP contribution in [0.5, 0.6) is 0 Å². The molecule has 0 spiro atoms. The molecule has 1 saturated heterocycles. The summed E-state index contributed by atoms with van der Waals surface area (Å²) >= 11 is 0. The second kappa shape index (κ2) is 5.17. The van der Waals surface area contributed by atoms with Crippen molar-refractivity contribution in [3.05, 3.63) is 35.9 Å². The van der Waals surface area contributed by atoms with Gasteiger partial charge in [0.15, 0.2) is 0 Å². The number of nitrogens with zero attached hydrogens (tertiary/aromatic N) is 1. The Kier molecular flexibility index (Phi) is 3.82. The number of rotatable bonds is 3. The van der Waals surface area contributed by atoms with Crippen LogP contribution in [0, 0.1) is 0 Å². The maximum Gasteiger partial charge on any atom is 0.0994 e. The van der Waals surface area contributed by atoms with Gasteiger partial charge >= 0.3 is 0 Å². The number of ether oxygens (including phenoxy) is 1. The number of β-amino-alcohol motifs (C(OH)–C–C–N with tert-alkyl or cyclic N) is 1. The normalized spacial score (nSPS) is 25.5. The van der Waals surface area contributed by atoms with E-state index >= 15 is 0 Å². The lowest BCUT2D eigenvalue weighted by molar-refractivity contribution is -0.0508. The monoisotopic (exact) mass is 235 g/mol. The van der Waals surface area contributed by atoms with E-state index in [0.29, 0.717) is 12.6 Å². The summed E-state index contributed by atoms with van der Waals surface area (Å²) < 4.78 is 5.41. The molecule has 2 rings (SSSR count). The van der Waals surface area contributed by atoms with Crippen molar-refractivity contribution < 1.29 is 9.84 Å². The van der Waals surface area contributed by atoms with Gasteiger partial charge in [-0.1, -0.05) is 30.3 Å². The molecule has 3 nitrogen and oxygen atoms in total. The quantitative estimate of drug-likeness (QED) is 0.864. The topological polar surface area (TPSA) is 32.7 Å². The molecule has 3 heteroatoms. The van der Waals surface area contributed by atoms with E-state index in [-0.39, 0.29) is 0 Å². The van der Waals surface area contributed by atoms with E-state index in [1.54, 1.807) is 0 Å². The van der Waals surface area contributed by atoms with Gasteiger partial charge in [0.2, 0.25) is 0 Å². The Hall–Kier alpha value is -0.900. The summed E-state index contributed by atoms with van der Waals surface area (Å²) in [5.41, 5.74) is 0.172.